The van der Waals surface area contributed by atoms with Crippen LogP contribution in [0.5, 0.6) is 6.01 Å². The fourth-order valence-corrected chi connectivity index (χ4v) is 2.15. The minimum Gasteiger partial charge on any atom is -0.481 e. The molecule has 5 nitrogen and oxygen atoms in total. The van der Waals surface area contributed by atoms with Crippen molar-refractivity contribution >= 4 is 5.97 Å². The monoisotopic (exact) mass is 224 g/mol. The van der Waals surface area contributed by atoms with Crippen molar-refractivity contribution in [2.75, 3.05) is 6.61 Å². The van der Waals surface area contributed by atoms with Gasteiger partial charge in [-0.05, 0) is 19.8 Å². The third-order valence-electron chi connectivity index (χ3n) is 3.05. The van der Waals surface area contributed by atoms with Crippen molar-refractivity contribution in [3.63, 3.8) is 0 Å². The lowest BCUT2D eigenvalue weighted by Crippen LogP contribution is -2.22. The van der Waals surface area contributed by atoms with Gasteiger partial charge < -0.3 is 14.4 Å². The fourth-order valence-electron chi connectivity index (χ4n) is 2.15. The number of imidazole rings is 1. The molecule has 88 valence electrons. The van der Waals surface area contributed by atoms with Crippen LogP contribution in [0.3, 0.4) is 0 Å². The second kappa shape index (κ2) is 4.15. The molecule has 0 bridgehead atoms. The molecular formula is C11H16N2O3. The molecule has 0 amide bonds. The van der Waals surface area contributed by atoms with Crippen molar-refractivity contribution < 1.29 is 14.6 Å². The summed E-state index contributed by atoms with van der Waals surface area (Å²) in [5.74, 6) is -1.02. The van der Waals surface area contributed by atoms with Gasteiger partial charge in [-0.25, -0.2) is 4.98 Å². The van der Waals surface area contributed by atoms with E-state index in [1.807, 2.05) is 18.5 Å². The standard InChI is InChI=1S/C11H16N2O3/c1-3-16-11-12-8-6-7(10(14)15)4-5-9(8)13(11)2/h7H,3-6H2,1-2H3,(H,14,15). The molecule has 16 heavy (non-hydrogen) atoms. The Balaban J connectivity index is 2.26. The van der Waals surface area contributed by atoms with Crippen molar-refractivity contribution in [1.29, 1.82) is 0 Å². The first-order valence-corrected chi connectivity index (χ1v) is 5.53. The molecule has 2 rings (SSSR count). The molecular weight excluding hydrogens is 208 g/mol. The smallest absolute Gasteiger partial charge is 0.306 e. The maximum absolute atomic E-state index is 10.9. The average Bonchev–Trinajstić information content (AvgIpc) is 2.56. The molecule has 1 aliphatic rings. The third kappa shape index (κ3) is 1.77. The number of hydrogen-bond donors (Lipinski definition) is 1. The molecule has 0 spiro atoms. The van der Waals surface area contributed by atoms with Gasteiger partial charge in [-0.1, -0.05) is 0 Å². The summed E-state index contributed by atoms with van der Waals surface area (Å²) in [4.78, 5) is 15.3. The minimum atomic E-state index is -0.728. The van der Waals surface area contributed by atoms with Gasteiger partial charge in [0.05, 0.1) is 18.2 Å². The number of carbonyl (C=O) groups is 1. The SMILES string of the molecule is CCOc1nc2c(n1C)CCC(C(=O)O)C2. The van der Waals surface area contributed by atoms with Crippen LogP contribution in [0.1, 0.15) is 24.7 Å². The van der Waals surface area contributed by atoms with E-state index in [2.05, 4.69) is 4.98 Å². The van der Waals surface area contributed by atoms with Crippen LogP contribution in [0, 0.1) is 5.92 Å². The van der Waals surface area contributed by atoms with Gasteiger partial charge in [-0.2, -0.15) is 0 Å². The number of rotatable bonds is 3. The summed E-state index contributed by atoms with van der Waals surface area (Å²) in [6, 6.07) is 0.596. The van der Waals surface area contributed by atoms with Crippen LogP contribution in [-0.4, -0.2) is 27.2 Å². The van der Waals surface area contributed by atoms with E-state index in [4.69, 9.17) is 9.84 Å². The van der Waals surface area contributed by atoms with Crippen LogP contribution < -0.4 is 4.74 Å². The molecule has 1 aromatic rings. The molecule has 0 aromatic carbocycles. The number of hydrogen-bond acceptors (Lipinski definition) is 3. The molecule has 0 saturated carbocycles. The van der Waals surface area contributed by atoms with Crippen molar-refractivity contribution in [1.82, 2.24) is 9.55 Å². The number of carboxylic acids is 1. The fraction of sp³-hybridized carbons (Fsp3) is 0.636. The zero-order chi connectivity index (χ0) is 11.7. The highest BCUT2D eigenvalue weighted by Crippen LogP contribution is 2.28. The summed E-state index contributed by atoms with van der Waals surface area (Å²) in [5, 5.41) is 8.98. The summed E-state index contributed by atoms with van der Waals surface area (Å²) < 4.78 is 7.32. The van der Waals surface area contributed by atoms with E-state index in [0.29, 0.717) is 25.5 Å². The van der Waals surface area contributed by atoms with E-state index >= 15 is 0 Å². The molecule has 5 heteroatoms. The molecule has 1 N–H and O–H groups in total. The second-order valence-corrected chi connectivity index (χ2v) is 4.06. The Bertz CT molecular complexity index is 412. The summed E-state index contributed by atoms with van der Waals surface area (Å²) in [7, 11) is 1.91. The summed E-state index contributed by atoms with van der Waals surface area (Å²) in [6.07, 6.45) is 1.97. The van der Waals surface area contributed by atoms with Crippen LogP contribution in [0.15, 0.2) is 0 Å². The molecule has 0 radical (unpaired) electrons. The molecule has 1 heterocycles. The summed E-state index contributed by atoms with van der Waals surface area (Å²) >= 11 is 0. The van der Waals surface area contributed by atoms with Gasteiger partial charge in [0.2, 0.25) is 0 Å². The number of ether oxygens (including phenoxy) is 1. The quantitative estimate of drug-likeness (QED) is 0.832. The zero-order valence-corrected chi connectivity index (χ0v) is 9.56. The van der Waals surface area contributed by atoms with Gasteiger partial charge in [-0.15, -0.1) is 0 Å². The van der Waals surface area contributed by atoms with E-state index < -0.39 is 5.97 Å². The lowest BCUT2D eigenvalue weighted by Gasteiger charge is -2.17. The Kier molecular flexibility index (Phi) is 2.85. The van der Waals surface area contributed by atoms with Crippen molar-refractivity contribution in [3.05, 3.63) is 11.4 Å². The lowest BCUT2D eigenvalue weighted by atomic mass is 9.90. The van der Waals surface area contributed by atoms with Crippen LogP contribution in [-0.2, 0) is 24.7 Å². The van der Waals surface area contributed by atoms with Crippen LogP contribution in [0.2, 0.25) is 0 Å². The minimum absolute atomic E-state index is 0.295. The van der Waals surface area contributed by atoms with Crippen molar-refractivity contribution in [3.8, 4) is 6.01 Å². The van der Waals surface area contributed by atoms with E-state index in [0.717, 1.165) is 17.8 Å². The maximum Gasteiger partial charge on any atom is 0.306 e. The maximum atomic E-state index is 10.9. The molecule has 0 fully saturated rings. The van der Waals surface area contributed by atoms with Gasteiger partial charge in [0.15, 0.2) is 0 Å². The Morgan fingerprint density at radius 3 is 3.06 bits per heavy atom. The predicted octanol–water partition coefficient (Wildman–Crippen LogP) is 1.01. The highest BCUT2D eigenvalue weighted by atomic mass is 16.5. The molecule has 0 aliphatic heterocycles. The van der Waals surface area contributed by atoms with E-state index in [-0.39, 0.29) is 5.92 Å². The number of fused-ring (bicyclic) bond motifs is 1. The average molecular weight is 224 g/mol. The van der Waals surface area contributed by atoms with E-state index in [9.17, 15) is 4.79 Å². The number of nitrogens with zero attached hydrogens (tertiary/aromatic N) is 2. The van der Waals surface area contributed by atoms with Gasteiger partial charge in [0.1, 0.15) is 0 Å². The highest BCUT2D eigenvalue weighted by Gasteiger charge is 2.28. The largest absolute Gasteiger partial charge is 0.481 e. The first-order chi connectivity index (χ1) is 7.63. The Hall–Kier alpha value is -1.52. The Morgan fingerprint density at radius 2 is 2.44 bits per heavy atom. The first kappa shape index (κ1) is 11.0. The lowest BCUT2D eigenvalue weighted by molar-refractivity contribution is -0.142. The van der Waals surface area contributed by atoms with E-state index in [1.165, 1.54) is 0 Å². The first-order valence-electron chi connectivity index (χ1n) is 5.53. The number of carboxylic acid groups (broad SMARTS) is 1. The van der Waals surface area contributed by atoms with Crippen LogP contribution in [0.4, 0.5) is 0 Å². The van der Waals surface area contributed by atoms with Crippen molar-refractivity contribution in [2.45, 2.75) is 26.2 Å². The van der Waals surface area contributed by atoms with Gasteiger partial charge in [0, 0.05) is 19.2 Å². The van der Waals surface area contributed by atoms with Gasteiger partial charge >= 0.3 is 5.97 Å². The molecule has 1 aromatic heterocycles. The topological polar surface area (TPSA) is 64.4 Å². The Morgan fingerprint density at radius 1 is 1.69 bits per heavy atom. The molecule has 0 saturated heterocycles. The predicted molar refractivity (Wildman–Crippen MR) is 57.5 cm³/mol. The third-order valence-corrected chi connectivity index (χ3v) is 3.05. The highest BCUT2D eigenvalue weighted by molar-refractivity contribution is 5.70. The normalized spacial score (nSPS) is 19.2. The summed E-state index contributed by atoms with van der Waals surface area (Å²) in [6.45, 7) is 2.49. The molecule has 1 atom stereocenters. The zero-order valence-electron chi connectivity index (χ0n) is 9.56. The van der Waals surface area contributed by atoms with Gasteiger partial charge in [0.25, 0.3) is 6.01 Å². The number of aromatic nitrogens is 2. The van der Waals surface area contributed by atoms with Crippen LogP contribution >= 0.6 is 0 Å². The van der Waals surface area contributed by atoms with Crippen molar-refractivity contribution in [2.24, 2.45) is 13.0 Å². The number of aliphatic carboxylic acids is 1. The molecule has 1 unspecified atom stereocenters. The summed E-state index contributed by atoms with van der Waals surface area (Å²) in [5.41, 5.74) is 1.99. The van der Waals surface area contributed by atoms with E-state index in [1.54, 1.807) is 0 Å². The van der Waals surface area contributed by atoms with Gasteiger partial charge in [-0.3, -0.25) is 4.79 Å². The molecule has 1 aliphatic carbocycles. The second-order valence-electron chi connectivity index (χ2n) is 4.06. The van der Waals surface area contributed by atoms with Crippen LogP contribution in [0.25, 0.3) is 0 Å². The Labute approximate surface area is 94.1 Å².